The van der Waals surface area contributed by atoms with E-state index in [4.69, 9.17) is 5.73 Å². The van der Waals surface area contributed by atoms with Crippen molar-refractivity contribution in [1.29, 1.82) is 0 Å². The SMILES string of the molecule is CCC1N=C(N)NC=C1F. The van der Waals surface area contributed by atoms with Crippen molar-refractivity contribution in [2.75, 3.05) is 0 Å². The topological polar surface area (TPSA) is 50.4 Å². The lowest BCUT2D eigenvalue weighted by molar-refractivity contribution is 0.518. The van der Waals surface area contributed by atoms with Gasteiger partial charge in [-0.25, -0.2) is 9.38 Å². The van der Waals surface area contributed by atoms with Gasteiger partial charge in [-0.2, -0.15) is 0 Å². The van der Waals surface area contributed by atoms with Crippen molar-refractivity contribution in [3.63, 3.8) is 0 Å². The van der Waals surface area contributed by atoms with Crippen LogP contribution in [0.15, 0.2) is 17.0 Å². The largest absolute Gasteiger partial charge is 0.370 e. The van der Waals surface area contributed by atoms with Gasteiger partial charge in [0, 0.05) is 6.20 Å². The predicted molar refractivity (Wildman–Crippen MR) is 38.0 cm³/mol. The number of nitrogens with two attached hydrogens (primary N) is 1. The average Bonchev–Trinajstić information content (AvgIpc) is 1.94. The van der Waals surface area contributed by atoms with Crippen LogP contribution in [0.2, 0.25) is 0 Å². The summed E-state index contributed by atoms with van der Waals surface area (Å²) >= 11 is 0. The van der Waals surface area contributed by atoms with Crippen LogP contribution in [0.4, 0.5) is 4.39 Å². The minimum absolute atomic E-state index is 0.253. The Morgan fingerprint density at radius 3 is 3.10 bits per heavy atom. The van der Waals surface area contributed by atoms with Crippen LogP contribution in [0.25, 0.3) is 0 Å². The summed E-state index contributed by atoms with van der Waals surface area (Å²) in [6.45, 7) is 1.86. The molecule has 1 aliphatic heterocycles. The lowest BCUT2D eigenvalue weighted by Gasteiger charge is -2.13. The third kappa shape index (κ3) is 1.26. The lowest BCUT2D eigenvalue weighted by Crippen LogP contribution is -2.33. The van der Waals surface area contributed by atoms with Crippen molar-refractivity contribution in [2.24, 2.45) is 10.7 Å². The Kier molecular flexibility index (Phi) is 1.89. The maximum atomic E-state index is 12.7. The second-order valence-corrected chi connectivity index (χ2v) is 2.11. The molecule has 1 aliphatic rings. The van der Waals surface area contributed by atoms with Crippen molar-refractivity contribution in [2.45, 2.75) is 19.4 Å². The summed E-state index contributed by atoms with van der Waals surface area (Å²) in [5.41, 5.74) is 5.29. The average molecular weight is 143 g/mol. The number of hydrogen-bond donors (Lipinski definition) is 2. The third-order valence-electron chi connectivity index (χ3n) is 1.36. The molecule has 0 aromatic carbocycles. The van der Waals surface area contributed by atoms with E-state index in [-0.39, 0.29) is 17.8 Å². The molecule has 0 saturated carbocycles. The van der Waals surface area contributed by atoms with Gasteiger partial charge in [0.2, 0.25) is 0 Å². The van der Waals surface area contributed by atoms with Gasteiger partial charge in [0.15, 0.2) is 5.96 Å². The number of aliphatic imine (C=N–C) groups is 1. The molecule has 0 amide bonds. The van der Waals surface area contributed by atoms with E-state index in [1.807, 2.05) is 6.92 Å². The minimum atomic E-state index is -0.374. The van der Waals surface area contributed by atoms with Gasteiger partial charge in [-0.15, -0.1) is 0 Å². The molecule has 3 nitrogen and oxygen atoms in total. The molecule has 0 aliphatic carbocycles. The van der Waals surface area contributed by atoms with E-state index in [0.717, 1.165) is 0 Å². The lowest BCUT2D eigenvalue weighted by atomic mass is 10.2. The fourth-order valence-electron chi connectivity index (χ4n) is 0.792. The van der Waals surface area contributed by atoms with Crippen LogP contribution in [0.1, 0.15) is 13.3 Å². The Morgan fingerprint density at radius 1 is 1.90 bits per heavy atom. The van der Waals surface area contributed by atoms with E-state index in [1.54, 1.807) is 0 Å². The first kappa shape index (κ1) is 7.05. The number of hydrogen-bond acceptors (Lipinski definition) is 3. The molecule has 1 unspecified atom stereocenters. The van der Waals surface area contributed by atoms with Crippen LogP contribution in [0, 0.1) is 0 Å². The van der Waals surface area contributed by atoms with Crippen molar-refractivity contribution >= 4 is 5.96 Å². The van der Waals surface area contributed by atoms with Crippen LogP contribution in [-0.2, 0) is 0 Å². The van der Waals surface area contributed by atoms with E-state index in [9.17, 15) is 4.39 Å². The Balaban J connectivity index is 2.68. The van der Waals surface area contributed by atoms with Gasteiger partial charge in [-0.3, -0.25) is 0 Å². The highest BCUT2D eigenvalue weighted by Gasteiger charge is 2.14. The first-order valence-corrected chi connectivity index (χ1v) is 3.19. The number of guanidine groups is 1. The van der Waals surface area contributed by atoms with Gasteiger partial charge >= 0.3 is 0 Å². The molecule has 1 heterocycles. The molecule has 10 heavy (non-hydrogen) atoms. The van der Waals surface area contributed by atoms with Crippen LogP contribution < -0.4 is 11.1 Å². The molecule has 0 saturated heterocycles. The molecule has 0 aromatic heterocycles. The molecule has 56 valence electrons. The van der Waals surface area contributed by atoms with Crippen LogP contribution in [0.5, 0.6) is 0 Å². The monoisotopic (exact) mass is 143 g/mol. The predicted octanol–water partition coefficient (Wildman–Crippen LogP) is 0.494. The highest BCUT2D eigenvalue weighted by atomic mass is 19.1. The molecule has 0 radical (unpaired) electrons. The summed E-state index contributed by atoms with van der Waals surface area (Å²) < 4.78 is 12.7. The van der Waals surface area contributed by atoms with E-state index >= 15 is 0 Å². The summed E-state index contributed by atoms with van der Waals surface area (Å²) in [4.78, 5) is 3.82. The quantitative estimate of drug-likeness (QED) is 0.561. The van der Waals surface area contributed by atoms with E-state index in [1.165, 1.54) is 6.20 Å². The highest BCUT2D eigenvalue weighted by Crippen LogP contribution is 2.12. The van der Waals surface area contributed by atoms with Crippen molar-refractivity contribution < 1.29 is 4.39 Å². The van der Waals surface area contributed by atoms with E-state index < -0.39 is 0 Å². The summed E-state index contributed by atoms with van der Waals surface area (Å²) in [6, 6.07) is -0.374. The maximum absolute atomic E-state index is 12.7. The zero-order chi connectivity index (χ0) is 7.56. The summed E-state index contributed by atoms with van der Waals surface area (Å²) in [5.74, 6) is 0.0324. The summed E-state index contributed by atoms with van der Waals surface area (Å²) in [5, 5.41) is 2.49. The Morgan fingerprint density at radius 2 is 2.60 bits per heavy atom. The Labute approximate surface area is 58.8 Å². The molecule has 0 fully saturated rings. The molecule has 0 bridgehead atoms. The molecule has 4 heteroatoms. The molecular formula is C6H10FN3. The highest BCUT2D eigenvalue weighted by molar-refractivity contribution is 5.80. The first-order chi connectivity index (χ1) is 4.74. The van der Waals surface area contributed by atoms with Crippen molar-refractivity contribution in [3.05, 3.63) is 12.0 Å². The van der Waals surface area contributed by atoms with Gasteiger partial charge < -0.3 is 11.1 Å². The fourth-order valence-corrected chi connectivity index (χ4v) is 0.792. The second-order valence-electron chi connectivity index (χ2n) is 2.11. The summed E-state index contributed by atoms with van der Waals surface area (Å²) in [6.07, 6.45) is 1.89. The number of nitrogens with zero attached hydrogens (tertiary/aromatic N) is 1. The van der Waals surface area contributed by atoms with Crippen LogP contribution in [-0.4, -0.2) is 12.0 Å². The fraction of sp³-hybridized carbons (Fsp3) is 0.500. The van der Waals surface area contributed by atoms with Crippen LogP contribution >= 0.6 is 0 Å². The van der Waals surface area contributed by atoms with Gasteiger partial charge in [0.25, 0.3) is 0 Å². The van der Waals surface area contributed by atoms with Gasteiger partial charge in [-0.05, 0) is 6.42 Å². The molecule has 1 atom stereocenters. The molecule has 0 spiro atoms. The second kappa shape index (κ2) is 2.68. The minimum Gasteiger partial charge on any atom is -0.370 e. The number of halogens is 1. The van der Waals surface area contributed by atoms with Gasteiger partial charge in [-0.1, -0.05) is 6.92 Å². The van der Waals surface area contributed by atoms with Crippen molar-refractivity contribution in [1.82, 2.24) is 5.32 Å². The third-order valence-corrected chi connectivity index (χ3v) is 1.36. The number of nitrogens with one attached hydrogen (secondary N) is 1. The molecule has 1 rings (SSSR count). The van der Waals surface area contributed by atoms with Gasteiger partial charge in [0.05, 0.1) is 0 Å². The summed E-state index contributed by atoms with van der Waals surface area (Å²) in [7, 11) is 0. The molecule has 0 aromatic rings. The Bertz CT molecular complexity index is 185. The van der Waals surface area contributed by atoms with E-state index in [0.29, 0.717) is 6.42 Å². The zero-order valence-electron chi connectivity index (χ0n) is 5.76. The standard InChI is InChI=1S/C6H10FN3/c1-2-5-4(7)3-9-6(8)10-5/h3,5H,2H2,1H3,(H3,8,9,10). The molecular weight excluding hydrogens is 133 g/mol. The first-order valence-electron chi connectivity index (χ1n) is 3.19. The normalized spacial score (nSPS) is 24.8. The Hall–Kier alpha value is -1.06. The van der Waals surface area contributed by atoms with Gasteiger partial charge in [0.1, 0.15) is 11.9 Å². The van der Waals surface area contributed by atoms with E-state index in [2.05, 4.69) is 10.3 Å². The maximum Gasteiger partial charge on any atom is 0.193 e. The zero-order valence-corrected chi connectivity index (χ0v) is 5.76. The van der Waals surface area contributed by atoms with Crippen molar-refractivity contribution in [3.8, 4) is 0 Å². The number of rotatable bonds is 1. The smallest absolute Gasteiger partial charge is 0.193 e. The molecule has 3 N–H and O–H groups in total. The van der Waals surface area contributed by atoms with Crippen LogP contribution in [0.3, 0.4) is 0 Å².